The van der Waals surface area contributed by atoms with Crippen molar-refractivity contribution in [3.8, 4) is 0 Å². The van der Waals surface area contributed by atoms with Crippen LogP contribution in [0, 0.1) is 0 Å². The molecule has 1 heterocycles. The molecule has 0 aromatic rings. The van der Waals surface area contributed by atoms with E-state index in [1.165, 1.54) is 9.91 Å². The average molecular weight is 187 g/mol. The van der Waals surface area contributed by atoms with Crippen molar-refractivity contribution in [2.45, 2.75) is 18.9 Å². The van der Waals surface area contributed by atoms with Gasteiger partial charge in [-0.3, -0.25) is 5.01 Å². The van der Waals surface area contributed by atoms with Crippen LogP contribution in [0.15, 0.2) is 0 Å². The van der Waals surface area contributed by atoms with Crippen LogP contribution in [0.1, 0.15) is 12.8 Å². The lowest BCUT2D eigenvalue weighted by Crippen LogP contribution is -2.51. The number of carbonyl (C=O) groups excluding carboxylic acids is 1. The molecule has 0 aliphatic carbocycles. The summed E-state index contributed by atoms with van der Waals surface area (Å²) in [4.78, 5) is 12.9. The third kappa shape index (κ3) is 2.57. The lowest BCUT2D eigenvalue weighted by atomic mass is 10.1. The van der Waals surface area contributed by atoms with Gasteiger partial charge in [-0.05, 0) is 12.8 Å². The summed E-state index contributed by atoms with van der Waals surface area (Å²) in [6.45, 7) is 1.39. The maximum atomic E-state index is 11.4. The predicted molar refractivity (Wildman–Crippen MR) is 49.0 cm³/mol. The Hall–Kier alpha value is -0.810. The molecule has 2 amide bonds. The molecule has 1 aliphatic rings. The molecule has 76 valence electrons. The number of amides is 2. The lowest BCUT2D eigenvalue weighted by molar-refractivity contribution is 0.0413. The van der Waals surface area contributed by atoms with Crippen molar-refractivity contribution in [2.24, 2.45) is 5.84 Å². The minimum Gasteiger partial charge on any atom is -0.381 e. The number of carbonyl (C=O) groups is 1. The van der Waals surface area contributed by atoms with E-state index >= 15 is 0 Å². The van der Waals surface area contributed by atoms with E-state index in [0.29, 0.717) is 13.2 Å². The van der Waals surface area contributed by atoms with Gasteiger partial charge in [0.1, 0.15) is 0 Å². The van der Waals surface area contributed by atoms with E-state index in [0.717, 1.165) is 12.8 Å². The van der Waals surface area contributed by atoms with Gasteiger partial charge in [0.05, 0.1) is 6.04 Å². The largest absolute Gasteiger partial charge is 0.381 e. The summed E-state index contributed by atoms with van der Waals surface area (Å²) in [6, 6.07) is -0.0180. The van der Waals surface area contributed by atoms with Crippen LogP contribution in [0.3, 0.4) is 0 Å². The van der Waals surface area contributed by atoms with Crippen molar-refractivity contribution in [2.75, 3.05) is 27.3 Å². The van der Waals surface area contributed by atoms with Crippen LogP contribution >= 0.6 is 0 Å². The van der Waals surface area contributed by atoms with Crippen LogP contribution < -0.4 is 5.84 Å². The normalized spacial score (nSPS) is 18.4. The zero-order valence-electron chi connectivity index (χ0n) is 8.19. The van der Waals surface area contributed by atoms with E-state index in [1.807, 2.05) is 0 Å². The number of hydrogen-bond acceptors (Lipinski definition) is 3. The number of hydrogen-bond donors (Lipinski definition) is 1. The van der Waals surface area contributed by atoms with Crippen molar-refractivity contribution in [1.29, 1.82) is 0 Å². The van der Waals surface area contributed by atoms with Crippen molar-refractivity contribution in [3.05, 3.63) is 0 Å². The highest BCUT2D eigenvalue weighted by Crippen LogP contribution is 2.12. The first-order valence-electron chi connectivity index (χ1n) is 4.46. The highest BCUT2D eigenvalue weighted by molar-refractivity contribution is 5.73. The maximum absolute atomic E-state index is 11.4. The van der Waals surface area contributed by atoms with Crippen molar-refractivity contribution < 1.29 is 9.53 Å². The molecule has 0 aromatic heterocycles. The molecule has 1 aliphatic heterocycles. The molecule has 0 radical (unpaired) electrons. The molecule has 0 saturated carbocycles. The molecule has 0 spiro atoms. The first-order chi connectivity index (χ1) is 6.13. The maximum Gasteiger partial charge on any atom is 0.333 e. The van der Waals surface area contributed by atoms with E-state index in [-0.39, 0.29) is 12.1 Å². The van der Waals surface area contributed by atoms with E-state index < -0.39 is 0 Å². The SMILES string of the molecule is CN(C)C(=O)N(N)C1CCOCC1. The smallest absolute Gasteiger partial charge is 0.333 e. The van der Waals surface area contributed by atoms with Crippen molar-refractivity contribution in [3.63, 3.8) is 0 Å². The van der Waals surface area contributed by atoms with Crippen LogP contribution in [-0.4, -0.2) is 49.3 Å². The van der Waals surface area contributed by atoms with Gasteiger partial charge in [-0.2, -0.15) is 0 Å². The van der Waals surface area contributed by atoms with Gasteiger partial charge in [0, 0.05) is 27.3 Å². The number of nitrogens with two attached hydrogens (primary N) is 1. The molecule has 0 unspecified atom stereocenters. The summed E-state index contributed by atoms with van der Waals surface area (Å²) in [6.07, 6.45) is 1.66. The molecule has 0 aromatic carbocycles. The highest BCUT2D eigenvalue weighted by Gasteiger charge is 2.23. The summed E-state index contributed by atoms with van der Waals surface area (Å²) < 4.78 is 5.18. The van der Waals surface area contributed by atoms with Crippen LogP contribution in [0.2, 0.25) is 0 Å². The Labute approximate surface area is 78.4 Å². The Morgan fingerprint density at radius 1 is 1.38 bits per heavy atom. The fraction of sp³-hybridized carbons (Fsp3) is 0.875. The minimum absolute atomic E-state index is 0.128. The molecule has 0 bridgehead atoms. The van der Waals surface area contributed by atoms with Crippen molar-refractivity contribution in [1.82, 2.24) is 9.91 Å². The second-order valence-corrected chi connectivity index (χ2v) is 3.43. The molecule has 1 fully saturated rings. The Kier molecular flexibility index (Phi) is 3.50. The monoisotopic (exact) mass is 187 g/mol. The molecule has 5 nitrogen and oxygen atoms in total. The summed E-state index contributed by atoms with van der Waals surface area (Å²) in [5.41, 5.74) is 0. The number of rotatable bonds is 1. The summed E-state index contributed by atoms with van der Waals surface area (Å²) in [5.74, 6) is 5.68. The van der Waals surface area contributed by atoms with Crippen LogP contribution in [0.5, 0.6) is 0 Å². The van der Waals surface area contributed by atoms with Gasteiger partial charge >= 0.3 is 6.03 Å². The van der Waals surface area contributed by atoms with Gasteiger partial charge in [-0.25, -0.2) is 10.6 Å². The molecule has 1 saturated heterocycles. The third-order valence-electron chi connectivity index (χ3n) is 2.19. The Morgan fingerprint density at radius 3 is 2.38 bits per heavy atom. The molecular weight excluding hydrogens is 170 g/mol. The standard InChI is InChI=1S/C8H17N3O2/c1-10(2)8(12)11(9)7-3-5-13-6-4-7/h7H,3-6,9H2,1-2H3. The van der Waals surface area contributed by atoms with Gasteiger partial charge in [0.15, 0.2) is 0 Å². The number of nitrogens with zero attached hydrogens (tertiary/aromatic N) is 2. The Bertz CT molecular complexity index is 178. The van der Waals surface area contributed by atoms with Gasteiger partial charge in [-0.1, -0.05) is 0 Å². The first-order valence-corrected chi connectivity index (χ1v) is 4.46. The number of ether oxygens (including phenoxy) is 1. The van der Waals surface area contributed by atoms with Crippen LogP contribution in [-0.2, 0) is 4.74 Å². The Morgan fingerprint density at radius 2 is 1.92 bits per heavy atom. The topological polar surface area (TPSA) is 58.8 Å². The third-order valence-corrected chi connectivity index (χ3v) is 2.19. The fourth-order valence-corrected chi connectivity index (χ4v) is 1.35. The second kappa shape index (κ2) is 4.43. The summed E-state index contributed by atoms with van der Waals surface area (Å²) >= 11 is 0. The second-order valence-electron chi connectivity index (χ2n) is 3.43. The lowest BCUT2D eigenvalue weighted by Gasteiger charge is -2.32. The molecular formula is C8H17N3O2. The van der Waals surface area contributed by atoms with Crippen LogP contribution in [0.4, 0.5) is 4.79 Å². The first kappa shape index (κ1) is 10.3. The van der Waals surface area contributed by atoms with E-state index in [1.54, 1.807) is 14.1 Å². The summed E-state index contributed by atoms with van der Waals surface area (Å²) in [5, 5.41) is 1.31. The molecule has 5 heteroatoms. The van der Waals surface area contributed by atoms with E-state index in [2.05, 4.69) is 0 Å². The molecule has 0 atom stereocenters. The molecule has 1 rings (SSSR count). The van der Waals surface area contributed by atoms with Gasteiger partial charge in [-0.15, -0.1) is 0 Å². The van der Waals surface area contributed by atoms with Crippen LogP contribution in [0.25, 0.3) is 0 Å². The van der Waals surface area contributed by atoms with Crippen molar-refractivity contribution >= 4 is 6.03 Å². The van der Waals surface area contributed by atoms with E-state index in [4.69, 9.17) is 10.6 Å². The zero-order chi connectivity index (χ0) is 9.84. The minimum atomic E-state index is -0.146. The molecule has 2 N–H and O–H groups in total. The van der Waals surface area contributed by atoms with E-state index in [9.17, 15) is 4.79 Å². The predicted octanol–water partition coefficient (Wildman–Crippen LogP) is 0.0227. The zero-order valence-corrected chi connectivity index (χ0v) is 8.19. The average Bonchev–Trinajstić information content (AvgIpc) is 2.17. The van der Waals surface area contributed by atoms with Gasteiger partial charge < -0.3 is 9.64 Å². The number of urea groups is 1. The quantitative estimate of drug-likeness (QED) is 0.358. The van der Waals surface area contributed by atoms with Gasteiger partial charge in [0.25, 0.3) is 0 Å². The summed E-state index contributed by atoms with van der Waals surface area (Å²) in [7, 11) is 3.39. The van der Waals surface area contributed by atoms with Gasteiger partial charge in [0.2, 0.25) is 0 Å². The Balaban J connectivity index is 2.45. The number of hydrazine groups is 1. The molecule has 13 heavy (non-hydrogen) atoms. The highest BCUT2D eigenvalue weighted by atomic mass is 16.5. The fourth-order valence-electron chi connectivity index (χ4n) is 1.35.